The molecule has 5 heteroatoms. The van der Waals surface area contributed by atoms with Crippen molar-refractivity contribution >= 4 is 29.0 Å². The molecule has 3 rings (SSSR count). The fraction of sp³-hybridized carbons (Fsp3) is 0.312. The van der Waals surface area contributed by atoms with Crippen molar-refractivity contribution in [2.24, 2.45) is 0 Å². The van der Waals surface area contributed by atoms with Gasteiger partial charge < -0.3 is 4.90 Å². The number of anilines is 1. The first-order valence-electron chi connectivity index (χ1n) is 6.88. The summed E-state index contributed by atoms with van der Waals surface area (Å²) in [7, 11) is 0. The highest BCUT2D eigenvalue weighted by Gasteiger charge is 2.37. The summed E-state index contributed by atoms with van der Waals surface area (Å²) in [6, 6.07) is 12.2. The van der Waals surface area contributed by atoms with Crippen molar-refractivity contribution in [3.8, 4) is 0 Å². The summed E-state index contributed by atoms with van der Waals surface area (Å²) in [5.74, 6) is 0.716. The summed E-state index contributed by atoms with van der Waals surface area (Å²) < 4.78 is 13.0. The molecule has 0 bridgehead atoms. The number of alkyl halides is 2. The van der Waals surface area contributed by atoms with Crippen LogP contribution >= 0.6 is 23.2 Å². The van der Waals surface area contributed by atoms with Gasteiger partial charge in [0.2, 0.25) is 0 Å². The molecular formula is C16H15Cl2FN2. The molecule has 1 aliphatic heterocycles. The summed E-state index contributed by atoms with van der Waals surface area (Å²) in [6.07, 6.45) is 2.60. The van der Waals surface area contributed by atoms with E-state index in [1.165, 1.54) is 12.1 Å². The highest BCUT2D eigenvalue weighted by Crippen LogP contribution is 2.38. The van der Waals surface area contributed by atoms with Crippen molar-refractivity contribution in [3.63, 3.8) is 0 Å². The molecule has 1 aromatic carbocycles. The largest absolute Gasteiger partial charge is 0.339 e. The SMILES string of the molecule is Fc1ccc(C2CCN(c3ccccn3)C(Cl)C2Cl)cc1. The van der Waals surface area contributed by atoms with Crippen molar-refractivity contribution < 1.29 is 4.39 Å². The second kappa shape index (κ2) is 6.20. The minimum absolute atomic E-state index is 0.120. The average molecular weight is 325 g/mol. The summed E-state index contributed by atoms with van der Waals surface area (Å²) in [6.45, 7) is 0.774. The van der Waals surface area contributed by atoms with Gasteiger partial charge in [-0.3, -0.25) is 0 Å². The number of piperidine rings is 1. The van der Waals surface area contributed by atoms with Crippen molar-refractivity contribution in [1.82, 2.24) is 4.98 Å². The zero-order valence-corrected chi connectivity index (χ0v) is 12.8. The first-order chi connectivity index (χ1) is 10.2. The molecule has 0 N–H and O–H groups in total. The van der Waals surface area contributed by atoms with Gasteiger partial charge in [0.1, 0.15) is 17.1 Å². The van der Waals surface area contributed by atoms with Gasteiger partial charge in [-0.1, -0.05) is 29.8 Å². The van der Waals surface area contributed by atoms with Gasteiger partial charge in [0.15, 0.2) is 0 Å². The van der Waals surface area contributed by atoms with E-state index in [1.807, 2.05) is 23.1 Å². The number of benzene rings is 1. The van der Waals surface area contributed by atoms with E-state index in [-0.39, 0.29) is 22.6 Å². The molecule has 0 spiro atoms. The highest BCUT2D eigenvalue weighted by atomic mass is 35.5. The summed E-state index contributed by atoms with van der Waals surface area (Å²) in [5.41, 5.74) is 0.688. The smallest absolute Gasteiger partial charge is 0.129 e. The predicted octanol–water partition coefficient (Wildman–Crippen LogP) is 4.39. The van der Waals surface area contributed by atoms with Gasteiger partial charge in [0.05, 0.1) is 5.38 Å². The Kier molecular flexibility index (Phi) is 4.32. The Labute approximate surface area is 133 Å². The number of aromatic nitrogens is 1. The fourth-order valence-corrected chi connectivity index (χ4v) is 3.53. The van der Waals surface area contributed by atoms with Crippen molar-refractivity contribution in [2.45, 2.75) is 23.2 Å². The van der Waals surface area contributed by atoms with E-state index in [0.29, 0.717) is 0 Å². The fourth-order valence-electron chi connectivity index (χ4n) is 2.75. The summed E-state index contributed by atoms with van der Waals surface area (Å²) in [5, 5.41) is -0.257. The zero-order valence-electron chi connectivity index (χ0n) is 11.3. The molecule has 2 nitrogen and oxygen atoms in total. The second-order valence-corrected chi connectivity index (χ2v) is 6.10. The molecule has 110 valence electrons. The molecule has 2 aromatic rings. The van der Waals surface area contributed by atoms with Gasteiger partial charge in [-0.15, -0.1) is 11.6 Å². The standard InChI is InChI=1S/C16H15Cl2FN2/c17-15-13(11-4-6-12(19)7-5-11)8-10-21(16(15)18)14-3-1-2-9-20-14/h1-7,9,13,15-16H,8,10H2. The van der Waals surface area contributed by atoms with Crippen LogP contribution in [0.25, 0.3) is 0 Å². The summed E-state index contributed by atoms with van der Waals surface area (Å²) in [4.78, 5) is 6.34. The number of rotatable bonds is 2. The molecule has 1 fully saturated rings. The van der Waals surface area contributed by atoms with Crippen LogP contribution in [0.2, 0.25) is 0 Å². The Hall–Kier alpha value is -1.32. The van der Waals surface area contributed by atoms with E-state index in [2.05, 4.69) is 4.98 Å². The first kappa shape index (κ1) is 14.6. The van der Waals surface area contributed by atoms with Gasteiger partial charge in [-0.2, -0.15) is 0 Å². The number of halogens is 3. The van der Waals surface area contributed by atoms with Crippen LogP contribution in [0, 0.1) is 5.82 Å². The molecule has 0 radical (unpaired) electrons. The third-order valence-corrected chi connectivity index (χ3v) is 5.05. The quantitative estimate of drug-likeness (QED) is 0.601. The van der Waals surface area contributed by atoms with Gasteiger partial charge in [0.25, 0.3) is 0 Å². The average Bonchev–Trinajstić information content (AvgIpc) is 2.52. The van der Waals surface area contributed by atoms with Crippen LogP contribution in [-0.4, -0.2) is 22.4 Å². The molecule has 21 heavy (non-hydrogen) atoms. The lowest BCUT2D eigenvalue weighted by atomic mass is 9.89. The van der Waals surface area contributed by atoms with Crippen LogP contribution < -0.4 is 4.90 Å². The maximum atomic E-state index is 13.0. The maximum Gasteiger partial charge on any atom is 0.129 e. The molecule has 1 aliphatic rings. The Morgan fingerprint density at radius 3 is 2.52 bits per heavy atom. The van der Waals surface area contributed by atoms with Gasteiger partial charge in [0, 0.05) is 18.7 Å². The molecule has 0 saturated carbocycles. The minimum atomic E-state index is -0.342. The normalized spacial score (nSPS) is 25.9. The molecule has 0 amide bonds. The molecule has 3 unspecified atom stereocenters. The Balaban J connectivity index is 1.80. The lowest BCUT2D eigenvalue weighted by Crippen LogP contribution is -2.46. The van der Waals surface area contributed by atoms with E-state index >= 15 is 0 Å². The minimum Gasteiger partial charge on any atom is -0.339 e. The second-order valence-electron chi connectivity index (χ2n) is 5.15. The maximum absolute atomic E-state index is 13.0. The first-order valence-corrected chi connectivity index (χ1v) is 7.75. The monoisotopic (exact) mass is 324 g/mol. The van der Waals surface area contributed by atoms with Crippen molar-refractivity contribution in [2.75, 3.05) is 11.4 Å². The predicted molar refractivity (Wildman–Crippen MR) is 84.6 cm³/mol. The zero-order chi connectivity index (χ0) is 14.8. The number of pyridine rings is 1. The van der Waals surface area contributed by atoms with Crippen LogP contribution in [0.5, 0.6) is 0 Å². The molecule has 2 heterocycles. The lowest BCUT2D eigenvalue weighted by Gasteiger charge is -2.40. The molecule has 0 aliphatic carbocycles. The van der Waals surface area contributed by atoms with E-state index < -0.39 is 0 Å². The van der Waals surface area contributed by atoms with E-state index in [4.69, 9.17) is 23.2 Å². The van der Waals surface area contributed by atoms with Crippen LogP contribution in [-0.2, 0) is 0 Å². The molecule has 3 atom stereocenters. The van der Waals surface area contributed by atoms with Gasteiger partial charge >= 0.3 is 0 Å². The van der Waals surface area contributed by atoms with Crippen LogP contribution in [0.4, 0.5) is 10.2 Å². The third kappa shape index (κ3) is 2.99. The highest BCUT2D eigenvalue weighted by molar-refractivity contribution is 6.31. The van der Waals surface area contributed by atoms with E-state index in [0.717, 1.165) is 24.3 Å². The lowest BCUT2D eigenvalue weighted by molar-refractivity contribution is 0.483. The summed E-state index contributed by atoms with van der Waals surface area (Å²) >= 11 is 13.1. The molecule has 1 saturated heterocycles. The van der Waals surface area contributed by atoms with Crippen LogP contribution in [0.1, 0.15) is 17.9 Å². The van der Waals surface area contributed by atoms with Crippen molar-refractivity contribution in [3.05, 3.63) is 60.0 Å². The van der Waals surface area contributed by atoms with Crippen LogP contribution in [0.15, 0.2) is 48.7 Å². The molecular weight excluding hydrogens is 310 g/mol. The topological polar surface area (TPSA) is 16.1 Å². The Bertz CT molecular complexity index is 591. The molecule has 1 aromatic heterocycles. The van der Waals surface area contributed by atoms with E-state index in [9.17, 15) is 4.39 Å². The third-order valence-electron chi connectivity index (χ3n) is 3.87. The Morgan fingerprint density at radius 2 is 1.86 bits per heavy atom. The van der Waals surface area contributed by atoms with Gasteiger partial charge in [-0.25, -0.2) is 9.37 Å². The van der Waals surface area contributed by atoms with Crippen LogP contribution in [0.3, 0.4) is 0 Å². The van der Waals surface area contributed by atoms with Gasteiger partial charge in [-0.05, 0) is 36.2 Å². The van der Waals surface area contributed by atoms with E-state index in [1.54, 1.807) is 18.3 Å². The number of hydrogen-bond donors (Lipinski definition) is 0. The van der Waals surface area contributed by atoms with Crippen molar-refractivity contribution in [1.29, 1.82) is 0 Å². The number of hydrogen-bond acceptors (Lipinski definition) is 2. The Morgan fingerprint density at radius 1 is 1.10 bits per heavy atom. The number of nitrogens with zero attached hydrogens (tertiary/aromatic N) is 2.